The molecule has 0 saturated heterocycles. The molecule has 0 amide bonds. The minimum atomic E-state index is -2.11. The fourth-order valence-corrected chi connectivity index (χ4v) is 3.01. The first-order chi connectivity index (χ1) is 13.1. The smallest absolute Gasteiger partial charge is 0.207 e. The number of aryl methyl sites for hydroxylation is 1. The van der Waals surface area contributed by atoms with Crippen molar-refractivity contribution in [2.75, 3.05) is 0 Å². The lowest BCUT2D eigenvalue weighted by atomic mass is 9.36. The van der Waals surface area contributed by atoms with E-state index in [1.165, 1.54) is 6.92 Å². The molecule has 0 saturated carbocycles. The van der Waals surface area contributed by atoms with Gasteiger partial charge in [0.1, 0.15) is 46.5 Å². The summed E-state index contributed by atoms with van der Waals surface area (Å²) in [4.78, 5) is 0. The molecule has 9 heteroatoms. The molecular weight excluding hydrogens is 391 g/mol. The standard InChI is InChI=1S/C19H9BF8/c1-8-2-11(13(24)7-12(8)23)20(18-14(25)3-9(21)4-15(18)26)19-16(27)5-10(22)6-17(19)28/h2-7H,1H3. The summed E-state index contributed by atoms with van der Waals surface area (Å²) in [7, 11) is 0. The molecule has 0 nitrogen and oxygen atoms in total. The van der Waals surface area contributed by atoms with Gasteiger partial charge in [0, 0.05) is 41.3 Å². The average Bonchev–Trinajstić information content (AvgIpc) is 2.55. The van der Waals surface area contributed by atoms with Gasteiger partial charge in [0.25, 0.3) is 6.71 Å². The Kier molecular flexibility index (Phi) is 5.19. The summed E-state index contributed by atoms with van der Waals surface area (Å²) in [5.74, 6) is -11.2. The quantitative estimate of drug-likeness (QED) is 0.466. The Labute approximate surface area is 154 Å². The molecule has 0 unspecified atom stereocenters. The minimum Gasteiger partial charge on any atom is -0.207 e. The molecule has 144 valence electrons. The number of hydrogen-bond donors (Lipinski definition) is 0. The Bertz CT molecular complexity index is 976. The average molecular weight is 400 g/mol. The van der Waals surface area contributed by atoms with E-state index in [1.54, 1.807) is 0 Å². The lowest BCUT2D eigenvalue weighted by molar-refractivity contribution is 0.550. The van der Waals surface area contributed by atoms with Crippen molar-refractivity contribution in [2.24, 2.45) is 0 Å². The van der Waals surface area contributed by atoms with Gasteiger partial charge in [0.05, 0.1) is 0 Å². The molecule has 28 heavy (non-hydrogen) atoms. The van der Waals surface area contributed by atoms with Crippen LogP contribution in [0.1, 0.15) is 5.56 Å². The maximum absolute atomic E-state index is 14.5. The van der Waals surface area contributed by atoms with Crippen LogP contribution in [0.15, 0.2) is 36.4 Å². The highest BCUT2D eigenvalue weighted by Crippen LogP contribution is 2.14. The summed E-state index contributed by atoms with van der Waals surface area (Å²) >= 11 is 0. The largest absolute Gasteiger partial charge is 0.260 e. The molecule has 0 atom stereocenters. The van der Waals surface area contributed by atoms with Crippen molar-refractivity contribution in [3.63, 3.8) is 0 Å². The van der Waals surface area contributed by atoms with Crippen molar-refractivity contribution in [1.82, 2.24) is 0 Å². The van der Waals surface area contributed by atoms with Gasteiger partial charge in [-0.3, -0.25) is 0 Å². The molecule has 0 aliphatic rings. The number of benzene rings is 3. The van der Waals surface area contributed by atoms with E-state index in [9.17, 15) is 35.1 Å². The van der Waals surface area contributed by atoms with E-state index in [-0.39, 0.29) is 29.8 Å². The van der Waals surface area contributed by atoms with Crippen LogP contribution in [0.5, 0.6) is 0 Å². The van der Waals surface area contributed by atoms with Crippen LogP contribution in [0, 0.1) is 53.5 Å². The molecule has 0 fully saturated rings. The Morgan fingerprint density at radius 1 is 0.500 bits per heavy atom. The van der Waals surface area contributed by atoms with Crippen molar-refractivity contribution in [3.05, 3.63) is 88.5 Å². The van der Waals surface area contributed by atoms with E-state index in [2.05, 4.69) is 0 Å². The summed E-state index contributed by atoms with van der Waals surface area (Å²) in [6, 6.07) is 2.20. The van der Waals surface area contributed by atoms with Crippen LogP contribution in [0.2, 0.25) is 0 Å². The van der Waals surface area contributed by atoms with E-state index in [1.807, 2.05) is 0 Å². The van der Waals surface area contributed by atoms with Gasteiger partial charge in [-0.15, -0.1) is 0 Å². The van der Waals surface area contributed by atoms with Crippen LogP contribution >= 0.6 is 0 Å². The van der Waals surface area contributed by atoms with E-state index in [0.717, 1.165) is 6.07 Å². The highest BCUT2D eigenvalue weighted by Gasteiger charge is 2.36. The summed E-state index contributed by atoms with van der Waals surface area (Å²) in [6.07, 6.45) is 0. The summed E-state index contributed by atoms with van der Waals surface area (Å²) in [6.45, 7) is -0.912. The predicted octanol–water partition coefficient (Wildman–Crippen LogP) is 3.62. The molecule has 0 N–H and O–H groups in total. The van der Waals surface area contributed by atoms with E-state index < -0.39 is 69.6 Å². The second-order valence-corrected chi connectivity index (χ2v) is 6.12. The van der Waals surface area contributed by atoms with Crippen molar-refractivity contribution in [3.8, 4) is 0 Å². The zero-order valence-corrected chi connectivity index (χ0v) is 14.1. The molecule has 0 radical (unpaired) electrons. The maximum Gasteiger partial charge on any atom is 0.260 e. The monoisotopic (exact) mass is 400 g/mol. The van der Waals surface area contributed by atoms with E-state index >= 15 is 0 Å². The fraction of sp³-hybridized carbons (Fsp3) is 0.0526. The lowest BCUT2D eigenvalue weighted by Gasteiger charge is -2.19. The Hall–Kier alpha value is -2.84. The van der Waals surface area contributed by atoms with Crippen LogP contribution < -0.4 is 16.4 Å². The molecule has 0 heterocycles. The zero-order chi connectivity index (χ0) is 20.7. The predicted molar refractivity (Wildman–Crippen MR) is 88.4 cm³/mol. The molecule has 3 aromatic carbocycles. The van der Waals surface area contributed by atoms with Gasteiger partial charge < -0.3 is 0 Å². The Morgan fingerprint density at radius 2 is 0.893 bits per heavy atom. The van der Waals surface area contributed by atoms with Crippen LogP contribution in [0.25, 0.3) is 0 Å². The first-order valence-corrected chi connectivity index (χ1v) is 7.84. The van der Waals surface area contributed by atoms with Gasteiger partial charge in [-0.2, -0.15) is 0 Å². The van der Waals surface area contributed by atoms with Crippen molar-refractivity contribution in [1.29, 1.82) is 0 Å². The van der Waals surface area contributed by atoms with Crippen molar-refractivity contribution >= 4 is 23.1 Å². The first kappa shape index (κ1) is 19.9. The first-order valence-electron chi connectivity index (χ1n) is 7.84. The summed E-state index contributed by atoms with van der Waals surface area (Å²) < 4.78 is 112. The number of rotatable bonds is 3. The van der Waals surface area contributed by atoms with Crippen LogP contribution in [0.3, 0.4) is 0 Å². The summed E-state index contributed by atoms with van der Waals surface area (Å²) in [5.41, 5.74) is -2.99. The molecular formula is C19H9BF8. The fourth-order valence-electron chi connectivity index (χ4n) is 3.01. The zero-order valence-electron chi connectivity index (χ0n) is 14.1. The van der Waals surface area contributed by atoms with Crippen LogP contribution in [-0.4, -0.2) is 6.71 Å². The normalized spacial score (nSPS) is 11.0. The highest BCUT2D eigenvalue weighted by molar-refractivity contribution is 6.95. The van der Waals surface area contributed by atoms with Gasteiger partial charge in [-0.25, -0.2) is 35.1 Å². The SMILES string of the molecule is Cc1cc(B(c2c(F)cc(F)cc2F)c2c(F)cc(F)cc2F)c(F)cc1F. The second-order valence-electron chi connectivity index (χ2n) is 6.12. The van der Waals surface area contributed by atoms with Crippen molar-refractivity contribution < 1.29 is 35.1 Å². The Balaban J connectivity index is 2.42. The maximum atomic E-state index is 14.5. The van der Waals surface area contributed by atoms with Gasteiger partial charge in [-0.1, -0.05) is 6.07 Å². The van der Waals surface area contributed by atoms with E-state index in [0.29, 0.717) is 6.07 Å². The lowest BCUT2D eigenvalue weighted by Crippen LogP contribution is -2.58. The van der Waals surface area contributed by atoms with Gasteiger partial charge in [0.15, 0.2) is 0 Å². The molecule has 3 aromatic rings. The van der Waals surface area contributed by atoms with Crippen LogP contribution in [0.4, 0.5) is 35.1 Å². The molecule has 0 spiro atoms. The number of halogens is 8. The minimum absolute atomic E-state index is 0.174. The molecule has 0 aliphatic heterocycles. The third-order valence-electron chi connectivity index (χ3n) is 4.25. The second kappa shape index (κ2) is 7.29. The Morgan fingerprint density at radius 3 is 1.29 bits per heavy atom. The van der Waals surface area contributed by atoms with E-state index in [4.69, 9.17) is 0 Å². The third-order valence-corrected chi connectivity index (χ3v) is 4.25. The molecule has 0 bridgehead atoms. The number of hydrogen-bond acceptors (Lipinski definition) is 0. The third kappa shape index (κ3) is 3.48. The summed E-state index contributed by atoms with van der Waals surface area (Å²) in [5, 5.41) is 0. The van der Waals surface area contributed by atoms with Gasteiger partial charge in [-0.05, 0) is 17.9 Å². The van der Waals surface area contributed by atoms with Gasteiger partial charge >= 0.3 is 0 Å². The van der Waals surface area contributed by atoms with Crippen molar-refractivity contribution in [2.45, 2.75) is 6.92 Å². The molecule has 0 aliphatic carbocycles. The highest BCUT2D eigenvalue weighted by atomic mass is 19.2. The molecule has 3 rings (SSSR count). The van der Waals surface area contributed by atoms with Crippen LogP contribution in [-0.2, 0) is 0 Å². The molecule has 0 aromatic heterocycles. The van der Waals surface area contributed by atoms with Gasteiger partial charge in [0.2, 0.25) is 0 Å². The topological polar surface area (TPSA) is 0 Å².